The van der Waals surface area contributed by atoms with E-state index in [1.54, 1.807) is 12.1 Å². The number of hydrogen-bond donors (Lipinski definition) is 2. The minimum absolute atomic E-state index is 0.0772. The van der Waals surface area contributed by atoms with Crippen molar-refractivity contribution in [3.63, 3.8) is 0 Å². The summed E-state index contributed by atoms with van der Waals surface area (Å²) < 4.78 is 13.0. The van der Waals surface area contributed by atoms with Crippen molar-refractivity contribution in [2.45, 2.75) is 19.1 Å². The van der Waals surface area contributed by atoms with Crippen LogP contribution in [0.3, 0.4) is 0 Å². The third kappa shape index (κ3) is 4.79. The number of benzene rings is 1. The standard InChI is InChI=1S/C14H16N4O2S/c1-10(12-4-2-11(6-15)3-5-12)16-7-13(19)9-20-14-8-17-21-18-14/h2-5,8,10,13,16,19H,7,9H2,1H3. The van der Waals surface area contributed by atoms with Crippen molar-refractivity contribution in [3.05, 3.63) is 41.6 Å². The highest BCUT2D eigenvalue weighted by Crippen LogP contribution is 2.13. The molecule has 0 saturated heterocycles. The fourth-order valence-electron chi connectivity index (χ4n) is 1.74. The second-order valence-corrected chi connectivity index (χ2v) is 5.13. The largest absolute Gasteiger partial charge is 0.473 e. The molecule has 1 heterocycles. The molecule has 0 aliphatic carbocycles. The summed E-state index contributed by atoms with van der Waals surface area (Å²) in [6, 6.07) is 9.53. The highest BCUT2D eigenvalue weighted by atomic mass is 32.1. The molecule has 2 aromatic rings. The summed E-state index contributed by atoms with van der Waals surface area (Å²) in [6.45, 7) is 2.57. The van der Waals surface area contributed by atoms with E-state index in [1.807, 2.05) is 19.1 Å². The van der Waals surface area contributed by atoms with Crippen LogP contribution in [0.4, 0.5) is 0 Å². The molecular weight excluding hydrogens is 288 g/mol. The van der Waals surface area contributed by atoms with Gasteiger partial charge in [0, 0.05) is 12.6 Å². The first-order valence-corrected chi connectivity index (χ1v) is 7.24. The first-order chi connectivity index (χ1) is 10.2. The predicted molar refractivity (Wildman–Crippen MR) is 79.0 cm³/mol. The summed E-state index contributed by atoms with van der Waals surface area (Å²) in [5, 5.41) is 21.8. The Labute approximate surface area is 127 Å². The molecular formula is C14H16N4O2S. The Morgan fingerprint density at radius 2 is 2.19 bits per heavy atom. The van der Waals surface area contributed by atoms with E-state index in [9.17, 15) is 5.11 Å². The molecule has 0 radical (unpaired) electrons. The topological polar surface area (TPSA) is 91.1 Å². The lowest BCUT2D eigenvalue weighted by Gasteiger charge is -2.17. The average molecular weight is 304 g/mol. The molecule has 0 aliphatic rings. The summed E-state index contributed by atoms with van der Waals surface area (Å²) in [7, 11) is 0. The third-order valence-corrected chi connectivity index (χ3v) is 3.43. The molecule has 2 N–H and O–H groups in total. The zero-order valence-electron chi connectivity index (χ0n) is 11.6. The van der Waals surface area contributed by atoms with Gasteiger partial charge in [-0.2, -0.15) is 9.64 Å². The maximum Gasteiger partial charge on any atom is 0.245 e. The molecule has 110 valence electrons. The van der Waals surface area contributed by atoms with Crippen LogP contribution in [0.15, 0.2) is 30.5 Å². The van der Waals surface area contributed by atoms with E-state index in [1.165, 1.54) is 6.20 Å². The smallest absolute Gasteiger partial charge is 0.245 e. The lowest BCUT2D eigenvalue weighted by molar-refractivity contribution is 0.102. The van der Waals surface area contributed by atoms with E-state index in [4.69, 9.17) is 10.00 Å². The number of rotatable bonds is 7. The van der Waals surface area contributed by atoms with E-state index < -0.39 is 6.10 Å². The monoisotopic (exact) mass is 304 g/mol. The highest BCUT2D eigenvalue weighted by Gasteiger charge is 2.10. The Bertz CT molecular complexity index is 580. The van der Waals surface area contributed by atoms with Crippen LogP contribution in [0.2, 0.25) is 0 Å². The molecule has 6 nitrogen and oxygen atoms in total. The Kier molecular flexibility index (Phi) is 5.63. The minimum Gasteiger partial charge on any atom is -0.473 e. The van der Waals surface area contributed by atoms with Crippen LogP contribution in [-0.2, 0) is 0 Å². The SMILES string of the molecule is CC(NCC(O)COc1cnsn1)c1ccc(C#N)cc1. The lowest BCUT2D eigenvalue weighted by atomic mass is 10.1. The van der Waals surface area contributed by atoms with Crippen LogP contribution in [0.1, 0.15) is 24.1 Å². The summed E-state index contributed by atoms with van der Waals surface area (Å²) in [4.78, 5) is 0. The maximum atomic E-state index is 9.85. The summed E-state index contributed by atoms with van der Waals surface area (Å²) in [6.07, 6.45) is 0.886. The van der Waals surface area contributed by atoms with Gasteiger partial charge in [0.15, 0.2) is 0 Å². The average Bonchev–Trinajstić information content (AvgIpc) is 3.04. The van der Waals surface area contributed by atoms with Gasteiger partial charge in [0.05, 0.1) is 23.4 Å². The van der Waals surface area contributed by atoms with Gasteiger partial charge in [-0.25, -0.2) is 0 Å². The van der Waals surface area contributed by atoms with Gasteiger partial charge in [0.1, 0.15) is 18.9 Å². The first kappa shape index (κ1) is 15.4. The molecule has 21 heavy (non-hydrogen) atoms. The fraction of sp³-hybridized carbons (Fsp3) is 0.357. The van der Waals surface area contributed by atoms with E-state index >= 15 is 0 Å². The number of nitrogens with zero attached hydrogens (tertiary/aromatic N) is 3. The number of nitriles is 1. The number of aliphatic hydroxyl groups is 1. The Balaban J connectivity index is 1.74. The number of ether oxygens (including phenoxy) is 1. The lowest BCUT2D eigenvalue weighted by Crippen LogP contribution is -2.33. The van der Waals surface area contributed by atoms with E-state index in [0.29, 0.717) is 18.0 Å². The van der Waals surface area contributed by atoms with Gasteiger partial charge in [-0.1, -0.05) is 12.1 Å². The van der Waals surface area contributed by atoms with Crippen molar-refractivity contribution in [3.8, 4) is 11.9 Å². The minimum atomic E-state index is -0.632. The summed E-state index contributed by atoms with van der Waals surface area (Å²) in [5.74, 6) is 0.430. The van der Waals surface area contributed by atoms with Crippen molar-refractivity contribution in [1.29, 1.82) is 5.26 Å². The number of hydrogen-bond acceptors (Lipinski definition) is 7. The van der Waals surface area contributed by atoms with E-state index in [-0.39, 0.29) is 12.6 Å². The second-order valence-electron chi connectivity index (χ2n) is 4.57. The number of nitrogens with one attached hydrogen (secondary N) is 1. The van der Waals surface area contributed by atoms with Gasteiger partial charge in [-0.15, -0.1) is 4.37 Å². The number of aromatic nitrogens is 2. The predicted octanol–water partition coefficient (Wildman–Crippen LogP) is 1.50. The van der Waals surface area contributed by atoms with Gasteiger partial charge in [0.25, 0.3) is 0 Å². The molecule has 1 aromatic heterocycles. The molecule has 2 atom stereocenters. The van der Waals surface area contributed by atoms with Crippen LogP contribution in [0, 0.1) is 11.3 Å². The molecule has 0 fully saturated rings. The van der Waals surface area contributed by atoms with Crippen LogP contribution >= 0.6 is 11.7 Å². The maximum absolute atomic E-state index is 9.85. The van der Waals surface area contributed by atoms with E-state index in [0.717, 1.165) is 17.3 Å². The fourth-order valence-corrected chi connectivity index (χ4v) is 2.10. The zero-order chi connectivity index (χ0) is 15.1. The van der Waals surface area contributed by atoms with Crippen molar-refractivity contribution in [2.75, 3.05) is 13.2 Å². The molecule has 1 aromatic carbocycles. The number of aliphatic hydroxyl groups excluding tert-OH is 1. The molecule has 2 rings (SSSR count). The second kappa shape index (κ2) is 7.69. The van der Waals surface area contributed by atoms with Gasteiger partial charge in [-0.3, -0.25) is 0 Å². The van der Waals surface area contributed by atoms with Crippen molar-refractivity contribution in [1.82, 2.24) is 14.1 Å². The summed E-state index contributed by atoms with van der Waals surface area (Å²) in [5.41, 5.74) is 1.70. The third-order valence-electron chi connectivity index (χ3n) is 2.96. The van der Waals surface area contributed by atoms with Crippen LogP contribution in [0.25, 0.3) is 0 Å². The zero-order valence-corrected chi connectivity index (χ0v) is 12.4. The van der Waals surface area contributed by atoms with Crippen LogP contribution < -0.4 is 10.1 Å². The Hall–Kier alpha value is -2.01. The molecule has 0 amide bonds. The summed E-state index contributed by atoms with van der Waals surface area (Å²) >= 11 is 1.06. The molecule has 0 spiro atoms. The van der Waals surface area contributed by atoms with Gasteiger partial charge < -0.3 is 15.2 Å². The van der Waals surface area contributed by atoms with Gasteiger partial charge in [0.2, 0.25) is 5.88 Å². The molecule has 7 heteroatoms. The van der Waals surface area contributed by atoms with Gasteiger partial charge >= 0.3 is 0 Å². The molecule has 0 bridgehead atoms. The first-order valence-electron chi connectivity index (χ1n) is 6.51. The van der Waals surface area contributed by atoms with Crippen molar-refractivity contribution < 1.29 is 9.84 Å². The Morgan fingerprint density at radius 3 is 2.81 bits per heavy atom. The van der Waals surface area contributed by atoms with Crippen molar-refractivity contribution in [2.24, 2.45) is 0 Å². The van der Waals surface area contributed by atoms with E-state index in [2.05, 4.69) is 20.1 Å². The molecule has 0 saturated carbocycles. The highest BCUT2D eigenvalue weighted by molar-refractivity contribution is 6.99. The quantitative estimate of drug-likeness (QED) is 0.805. The Morgan fingerprint density at radius 1 is 1.43 bits per heavy atom. The van der Waals surface area contributed by atoms with Crippen molar-refractivity contribution >= 4 is 11.7 Å². The normalized spacial score (nSPS) is 13.4. The molecule has 2 unspecified atom stereocenters. The van der Waals surface area contributed by atoms with Crippen LogP contribution in [0.5, 0.6) is 5.88 Å². The van der Waals surface area contributed by atoms with Gasteiger partial charge in [-0.05, 0) is 24.6 Å². The molecule has 0 aliphatic heterocycles. The van der Waals surface area contributed by atoms with Crippen LogP contribution in [-0.4, -0.2) is 33.1 Å².